The van der Waals surface area contributed by atoms with Gasteiger partial charge in [0, 0.05) is 24.2 Å². The summed E-state index contributed by atoms with van der Waals surface area (Å²) in [7, 11) is 1.32. The first-order valence-corrected chi connectivity index (χ1v) is 6.55. The van der Waals surface area contributed by atoms with Crippen molar-refractivity contribution in [3.63, 3.8) is 0 Å². The number of rotatable bonds is 5. The van der Waals surface area contributed by atoms with Gasteiger partial charge < -0.3 is 15.0 Å². The number of esters is 1. The monoisotopic (exact) mass is 293 g/mol. The Morgan fingerprint density at radius 2 is 2.15 bits per heavy atom. The van der Waals surface area contributed by atoms with Crippen molar-refractivity contribution < 1.29 is 9.53 Å². The largest absolute Gasteiger partial charge is 0.468 e. The molecule has 0 aliphatic heterocycles. The van der Waals surface area contributed by atoms with Gasteiger partial charge in [-0.05, 0) is 17.7 Å². The number of nitrogens with zero attached hydrogens (tertiary/aromatic N) is 2. The van der Waals surface area contributed by atoms with Crippen molar-refractivity contribution in [2.75, 3.05) is 7.11 Å². The van der Waals surface area contributed by atoms with Crippen LogP contribution in [0.15, 0.2) is 36.8 Å². The van der Waals surface area contributed by atoms with Crippen molar-refractivity contribution in [2.24, 2.45) is 5.73 Å². The van der Waals surface area contributed by atoms with Gasteiger partial charge in [-0.15, -0.1) is 0 Å². The molecule has 0 spiro atoms. The van der Waals surface area contributed by atoms with Crippen LogP contribution >= 0.6 is 11.6 Å². The minimum absolute atomic E-state index is 0.361. The van der Waals surface area contributed by atoms with E-state index in [4.69, 9.17) is 17.3 Å². The molecular formula is C14H16ClN3O2. The smallest absolute Gasteiger partial charge is 0.323 e. The summed E-state index contributed by atoms with van der Waals surface area (Å²) in [5.74, 6) is -0.433. The fraction of sp³-hybridized carbons (Fsp3) is 0.286. The number of benzene rings is 1. The van der Waals surface area contributed by atoms with Crippen LogP contribution in [-0.2, 0) is 22.5 Å². The van der Waals surface area contributed by atoms with E-state index in [0.29, 0.717) is 18.0 Å². The third-order valence-corrected chi connectivity index (χ3v) is 3.15. The lowest BCUT2D eigenvalue weighted by atomic mass is 10.2. The molecule has 0 aliphatic rings. The Bertz CT molecular complexity index is 580. The van der Waals surface area contributed by atoms with Crippen molar-refractivity contribution in [3.8, 4) is 0 Å². The lowest BCUT2D eigenvalue weighted by molar-refractivity contribution is -0.142. The summed E-state index contributed by atoms with van der Waals surface area (Å²) in [6.07, 6.45) is 3.95. The number of aromatic nitrogens is 2. The summed E-state index contributed by atoms with van der Waals surface area (Å²) in [6.45, 7) is 0.692. The fourth-order valence-corrected chi connectivity index (χ4v) is 1.98. The Balaban J connectivity index is 1.98. The van der Waals surface area contributed by atoms with Crippen LogP contribution in [0.2, 0.25) is 5.02 Å². The average molecular weight is 294 g/mol. The van der Waals surface area contributed by atoms with Gasteiger partial charge in [0.15, 0.2) is 0 Å². The molecule has 2 N–H and O–H groups in total. The summed E-state index contributed by atoms with van der Waals surface area (Å²) in [4.78, 5) is 15.5. The second kappa shape index (κ2) is 6.54. The molecule has 1 unspecified atom stereocenters. The van der Waals surface area contributed by atoms with E-state index in [0.717, 1.165) is 11.3 Å². The third-order valence-electron chi connectivity index (χ3n) is 2.90. The Morgan fingerprint density at radius 1 is 1.45 bits per heavy atom. The Labute approximate surface area is 122 Å². The zero-order valence-corrected chi connectivity index (χ0v) is 11.9. The highest BCUT2D eigenvalue weighted by Gasteiger charge is 2.15. The fourth-order valence-electron chi connectivity index (χ4n) is 1.86. The van der Waals surface area contributed by atoms with E-state index in [2.05, 4.69) is 9.72 Å². The van der Waals surface area contributed by atoms with Crippen LogP contribution in [0.25, 0.3) is 0 Å². The maximum absolute atomic E-state index is 11.3. The van der Waals surface area contributed by atoms with E-state index >= 15 is 0 Å². The zero-order valence-electron chi connectivity index (χ0n) is 11.1. The van der Waals surface area contributed by atoms with Crippen molar-refractivity contribution in [1.82, 2.24) is 9.55 Å². The number of ether oxygens (including phenoxy) is 1. The lowest BCUT2D eigenvalue weighted by Crippen LogP contribution is -2.33. The first-order valence-electron chi connectivity index (χ1n) is 6.17. The normalized spacial score (nSPS) is 12.2. The van der Waals surface area contributed by atoms with Crippen LogP contribution in [0.4, 0.5) is 0 Å². The first-order chi connectivity index (χ1) is 9.58. The lowest BCUT2D eigenvalue weighted by Gasteiger charge is -2.06. The highest BCUT2D eigenvalue weighted by Crippen LogP contribution is 2.11. The van der Waals surface area contributed by atoms with Crippen LogP contribution in [-0.4, -0.2) is 28.7 Å². The molecular weight excluding hydrogens is 278 g/mol. The van der Waals surface area contributed by atoms with Crippen LogP contribution in [0, 0.1) is 0 Å². The predicted molar refractivity (Wildman–Crippen MR) is 76.5 cm³/mol. The van der Waals surface area contributed by atoms with Gasteiger partial charge in [-0.1, -0.05) is 23.7 Å². The molecule has 1 aromatic carbocycles. The standard InChI is InChI=1S/C14H16ClN3O2/c1-20-14(19)13(16)6-12-8-18(9-17-12)7-10-2-4-11(15)5-3-10/h2-5,8-9,13H,6-7,16H2,1H3. The molecule has 0 saturated heterocycles. The molecule has 5 nitrogen and oxygen atoms in total. The Kier molecular flexibility index (Phi) is 4.76. The average Bonchev–Trinajstić information content (AvgIpc) is 2.87. The Morgan fingerprint density at radius 3 is 2.80 bits per heavy atom. The van der Waals surface area contributed by atoms with Gasteiger partial charge in [-0.2, -0.15) is 0 Å². The van der Waals surface area contributed by atoms with Gasteiger partial charge in [0.25, 0.3) is 0 Å². The molecule has 0 amide bonds. The van der Waals surface area contributed by atoms with E-state index in [1.54, 1.807) is 6.33 Å². The topological polar surface area (TPSA) is 70.1 Å². The van der Waals surface area contributed by atoms with Crippen LogP contribution in [0.3, 0.4) is 0 Å². The molecule has 0 radical (unpaired) electrons. The summed E-state index contributed by atoms with van der Waals surface area (Å²) < 4.78 is 6.52. The number of hydrogen-bond acceptors (Lipinski definition) is 4. The van der Waals surface area contributed by atoms with E-state index in [-0.39, 0.29) is 0 Å². The van der Waals surface area contributed by atoms with Gasteiger partial charge in [-0.25, -0.2) is 4.98 Å². The summed E-state index contributed by atoms with van der Waals surface area (Å²) in [5.41, 5.74) is 7.58. The molecule has 2 aromatic rings. The van der Waals surface area contributed by atoms with Crippen molar-refractivity contribution in [2.45, 2.75) is 19.0 Å². The number of carbonyl (C=O) groups excluding carboxylic acids is 1. The van der Waals surface area contributed by atoms with E-state index in [1.807, 2.05) is 35.0 Å². The highest BCUT2D eigenvalue weighted by molar-refractivity contribution is 6.30. The zero-order chi connectivity index (χ0) is 14.5. The first kappa shape index (κ1) is 14.6. The van der Waals surface area contributed by atoms with Crippen molar-refractivity contribution in [1.29, 1.82) is 0 Å². The number of carbonyl (C=O) groups is 1. The summed E-state index contributed by atoms with van der Waals surface area (Å²) in [5, 5.41) is 0.712. The molecule has 1 aromatic heterocycles. The van der Waals surface area contributed by atoms with Gasteiger partial charge in [0.05, 0.1) is 19.1 Å². The minimum Gasteiger partial charge on any atom is -0.468 e. The molecule has 0 bridgehead atoms. The minimum atomic E-state index is -0.682. The van der Waals surface area contributed by atoms with Gasteiger partial charge in [0.2, 0.25) is 0 Å². The van der Waals surface area contributed by atoms with Gasteiger partial charge >= 0.3 is 5.97 Å². The maximum Gasteiger partial charge on any atom is 0.323 e. The second-order valence-electron chi connectivity index (χ2n) is 4.50. The maximum atomic E-state index is 11.3. The Hall–Kier alpha value is -1.85. The van der Waals surface area contributed by atoms with Crippen LogP contribution < -0.4 is 5.73 Å². The quantitative estimate of drug-likeness (QED) is 0.851. The third kappa shape index (κ3) is 3.82. The summed E-state index contributed by atoms with van der Waals surface area (Å²) in [6, 6.07) is 6.94. The highest BCUT2D eigenvalue weighted by atomic mass is 35.5. The van der Waals surface area contributed by atoms with E-state index in [9.17, 15) is 4.79 Å². The van der Waals surface area contributed by atoms with Crippen molar-refractivity contribution >= 4 is 17.6 Å². The van der Waals surface area contributed by atoms with Crippen LogP contribution in [0.1, 0.15) is 11.3 Å². The molecule has 1 atom stereocenters. The number of nitrogens with two attached hydrogens (primary N) is 1. The molecule has 0 aliphatic carbocycles. The molecule has 106 valence electrons. The number of imidazole rings is 1. The molecule has 2 rings (SSSR count). The summed E-state index contributed by atoms with van der Waals surface area (Å²) >= 11 is 5.84. The van der Waals surface area contributed by atoms with E-state index < -0.39 is 12.0 Å². The number of hydrogen-bond donors (Lipinski definition) is 1. The van der Waals surface area contributed by atoms with Crippen LogP contribution in [0.5, 0.6) is 0 Å². The van der Waals surface area contributed by atoms with Gasteiger partial charge in [0.1, 0.15) is 6.04 Å². The molecule has 1 heterocycles. The predicted octanol–water partition coefficient (Wildman–Crippen LogP) is 1.63. The molecule has 0 saturated carbocycles. The SMILES string of the molecule is COC(=O)C(N)Cc1cn(Cc2ccc(Cl)cc2)cn1. The number of methoxy groups -OCH3 is 1. The number of halogens is 1. The molecule has 6 heteroatoms. The second-order valence-corrected chi connectivity index (χ2v) is 4.93. The molecule has 0 fully saturated rings. The van der Waals surface area contributed by atoms with E-state index in [1.165, 1.54) is 7.11 Å². The molecule has 20 heavy (non-hydrogen) atoms. The van der Waals surface area contributed by atoms with Crippen molar-refractivity contribution in [3.05, 3.63) is 53.1 Å². The van der Waals surface area contributed by atoms with Gasteiger partial charge in [-0.3, -0.25) is 4.79 Å².